The summed E-state index contributed by atoms with van der Waals surface area (Å²) in [4.78, 5) is 44.1. The molecule has 0 bridgehead atoms. The molecule has 1 N–H and O–H groups in total. The monoisotopic (exact) mass is 764 g/mol. The maximum absolute atomic E-state index is 13.9. The smallest absolute Gasteiger partial charge is 0.343 e. The third-order valence-corrected chi connectivity index (χ3v) is 9.37. The number of carbonyl (C=O) groups is 1. The lowest BCUT2D eigenvalue weighted by molar-refractivity contribution is -0.385. The number of allylic oxidation sites excluding steroid dienone is 1. The van der Waals surface area contributed by atoms with E-state index >= 15 is 0 Å². The van der Waals surface area contributed by atoms with Gasteiger partial charge in [-0.05, 0) is 91.5 Å². The molecule has 4 aromatic rings. The number of benzene rings is 3. The van der Waals surface area contributed by atoms with Crippen LogP contribution in [0.25, 0.3) is 5.76 Å². The van der Waals surface area contributed by atoms with Crippen LogP contribution in [0.4, 0.5) is 11.4 Å². The molecule has 3 aromatic carbocycles. The second-order valence-electron chi connectivity index (χ2n) is 14.4. The van der Waals surface area contributed by atoms with E-state index in [1.807, 2.05) is 48.5 Å². The van der Waals surface area contributed by atoms with Gasteiger partial charge in [-0.3, -0.25) is 20.2 Å². The molecule has 13 heteroatoms. The number of nitro benzene ring substituents is 2. The van der Waals surface area contributed by atoms with E-state index in [-0.39, 0.29) is 52.9 Å². The lowest BCUT2D eigenvalue weighted by Gasteiger charge is -2.21. The summed E-state index contributed by atoms with van der Waals surface area (Å²) in [5, 5.41) is 22.7. The van der Waals surface area contributed by atoms with Gasteiger partial charge in [-0.1, -0.05) is 60.6 Å². The number of nitrogens with zero attached hydrogens (tertiary/aromatic N) is 3. The van der Waals surface area contributed by atoms with Crippen LogP contribution in [0.1, 0.15) is 112 Å². The van der Waals surface area contributed by atoms with E-state index < -0.39 is 15.8 Å². The Kier molecular flexibility index (Phi) is 12.5. The summed E-state index contributed by atoms with van der Waals surface area (Å²) < 4.78 is 25.3. The van der Waals surface area contributed by atoms with E-state index in [1.54, 1.807) is 6.92 Å². The van der Waals surface area contributed by atoms with Gasteiger partial charge in [0.25, 0.3) is 11.4 Å². The van der Waals surface area contributed by atoms with Crippen LogP contribution in [-0.2, 0) is 4.74 Å². The number of H-pyrrole nitrogens is 1. The number of carbonyl (C=O) groups excluding carboxylic acids is 1. The van der Waals surface area contributed by atoms with Gasteiger partial charge in [0.2, 0.25) is 11.8 Å². The summed E-state index contributed by atoms with van der Waals surface area (Å²) in [6, 6.07) is 15.5. The largest absolute Gasteiger partial charge is 0.462 e. The number of aromatic amines is 1. The highest BCUT2D eigenvalue weighted by Crippen LogP contribution is 2.45. The van der Waals surface area contributed by atoms with E-state index in [0.717, 1.165) is 27.8 Å². The summed E-state index contributed by atoms with van der Waals surface area (Å²) in [5.41, 5.74) is 6.05. The molecule has 0 fully saturated rings. The van der Waals surface area contributed by atoms with Crippen molar-refractivity contribution in [3.8, 4) is 23.1 Å². The number of nitrogens with one attached hydrogen (secondary N) is 1. The van der Waals surface area contributed by atoms with Gasteiger partial charge in [0.1, 0.15) is 28.5 Å². The van der Waals surface area contributed by atoms with Gasteiger partial charge in [-0.25, -0.2) is 9.79 Å². The molecule has 0 saturated heterocycles. The minimum Gasteiger partial charge on any atom is -0.462 e. The third kappa shape index (κ3) is 8.51. The SMILES string of the molecule is CCOC(=O)c1c(Oc2ccc([N+](=O)[O-])cc2)[nH]c(C(Oc2c(C)cc(C(C)C)cc2C)=C2N=C(Oc3ccc([N+](=O)[O-])cc3)C(CC)=C2C(C)C)c1C(C)C. The predicted molar refractivity (Wildman–Crippen MR) is 215 cm³/mol. The molecule has 0 atom stereocenters. The molecular formula is C43H48N4O9. The highest BCUT2D eigenvalue weighted by Gasteiger charge is 2.36. The molecule has 1 aliphatic heterocycles. The van der Waals surface area contributed by atoms with Crippen LogP contribution in [0, 0.1) is 40.0 Å². The lowest BCUT2D eigenvalue weighted by atomic mass is 9.92. The summed E-state index contributed by atoms with van der Waals surface area (Å²) >= 11 is 0. The van der Waals surface area contributed by atoms with E-state index in [4.69, 9.17) is 23.9 Å². The molecular weight excluding hydrogens is 716 g/mol. The number of aromatic nitrogens is 1. The highest BCUT2D eigenvalue weighted by atomic mass is 16.6. The zero-order valence-electron chi connectivity index (χ0n) is 33.4. The third-order valence-electron chi connectivity index (χ3n) is 9.37. The molecule has 294 valence electrons. The molecule has 1 aliphatic rings. The number of rotatable bonds is 14. The second kappa shape index (κ2) is 17.1. The molecule has 0 spiro atoms. The van der Waals surface area contributed by atoms with E-state index in [1.165, 1.54) is 48.5 Å². The van der Waals surface area contributed by atoms with E-state index in [9.17, 15) is 25.0 Å². The van der Waals surface area contributed by atoms with Crippen molar-refractivity contribution in [2.24, 2.45) is 10.9 Å². The van der Waals surface area contributed by atoms with Gasteiger partial charge < -0.3 is 23.9 Å². The normalized spacial score (nSPS) is 13.7. The number of non-ortho nitro benzene ring substituents is 2. The van der Waals surface area contributed by atoms with E-state index in [2.05, 4.69) is 31.0 Å². The van der Waals surface area contributed by atoms with E-state index in [0.29, 0.717) is 46.5 Å². The van der Waals surface area contributed by atoms with Crippen molar-refractivity contribution in [2.75, 3.05) is 6.61 Å². The molecule has 0 unspecified atom stereocenters. The number of ether oxygens (including phenoxy) is 4. The first-order valence-electron chi connectivity index (χ1n) is 18.7. The van der Waals surface area contributed by atoms with Crippen molar-refractivity contribution < 1.29 is 33.6 Å². The van der Waals surface area contributed by atoms with Crippen LogP contribution in [0.2, 0.25) is 0 Å². The van der Waals surface area contributed by atoms with Gasteiger partial charge in [-0.2, -0.15) is 0 Å². The minimum atomic E-state index is -0.625. The fourth-order valence-electron chi connectivity index (χ4n) is 6.74. The van der Waals surface area contributed by atoms with Gasteiger partial charge in [-0.15, -0.1) is 0 Å². The second-order valence-corrected chi connectivity index (χ2v) is 14.4. The summed E-state index contributed by atoms with van der Waals surface area (Å²) in [6.07, 6.45) is 0.543. The Bertz CT molecular complexity index is 2220. The number of aryl methyl sites for hydroxylation is 2. The number of hydrogen-bond donors (Lipinski definition) is 1. The van der Waals surface area contributed by atoms with Crippen LogP contribution >= 0.6 is 0 Å². The molecule has 13 nitrogen and oxygen atoms in total. The fraction of sp³-hybridized carbons (Fsp3) is 0.349. The summed E-state index contributed by atoms with van der Waals surface area (Å²) in [6.45, 7) is 20.0. The molecule has 1 aromatic heterocycles. The highest BCUT2D eigenvalue weighted by molar-refractivity contribution is 6.02. The number of esters is 1. The molecule has 0 saturated carbocycles. The first-order valence-corrected chi connectivity index (χ1v) is 18.7. The summed E-state index contributed by atoms with van der Waals surface area (Å²) in [7, 11) is 0. The molecule has 0 amide bonds. The Morgan fingerprint density at radius 3 is 1.77 bits per heavy atom. The maximum Gasteiger partial charge on any atom is 0.343 e. The van der Waals surface area contributed by atoms with Crippen LogP contribution in [-0.4, -0.2) is 33.3 Å². The number of aliphatic imine (C=N–C) groups is 1. The number of hydrogen-bond acceptors (Lipinski definition) is 10. The first-order chi connectivity index (χ1) is 26.6. The zero-order chi connectivity index (χ0) is 41.0. The lowest BCUT2D eigenvalue weighted by Crippen LogP contribution is -2.11. The molecule has 0 aliphatic carbocycles. The fourth-order valence-corrected chi connectivity index (χ4v) is 6.74. The van der Waals surface area contributed by atoms with Crippen molar-refractivity contribution in [1.82, 2.24) is 4.98 Å². The topological polar surface area (TPSA) is 168 Å². The van der Waals surface area contributed by atoms with Crippen LogP contribution in [0.3, 0.4) is 0 Å². The average Bonchev–Trinajstić information content (AvgIpc) is 3.70. The van der Waals surface area contributed by atoms with Gasteiger partial charge in [0, 0.05) is 35.4 Å². The van der Waals surface area contributed by atoms with Crippen LogP contribution < -0.4 is 14.2 Å². The average molecular weight is 765 g/mol. The Morgan fingerprint density at radius 2 is 1.32 bits per heavy atom. The molecule has 56 heavy (non-hydrogen) atoms. The van der Waals surface area contributed by atoms with Crippen molar-refractivity contribution in [1.29, 1.82) is 0 Å². The minimum absolute atomic E-state index is 0.0661. The van der Waals surface area contributed by atoms with Crippen LogP contribution in [0.15, 0.2) is 82.5 Å². The summed E-state index contributed by atoms with van der Waals surface area (Å²) in [5.74, 6) is 1.23. The van der Waals surface area contributed by atoms with Crippen molar-refractivity contribution in [3.63, 3.8) is 0 Å². The molecule has 0 radical (unpaired) electrons. The maximum atomic E-state index is 13.9. The van der Waals surface area contributed by atoms with Gasteiger partial charge in [0.15, 0.2) is 5.76 Å². The van der Waals surface area contributed by atoms with Crippen LogP contribution in [0.5, 0.6) is 23.1 Å². The molecule has 2 heterocycles. The number of nitro groups is 2. The van der Waals surface area contributed by atoms with Crippen molar-refractivity contribution >= 4 is 29.0 Å². The molecule has 5 rings (SSSR count). The Labute approximate surface area is 326 Å². The van der Waals surface area contributed by atoms with Gasteiger partial charge in [0.05, 0.1) is 22.1 Å². The Morgan fingerprint density at radius 1 is 0.786 bits per heavy atom. The van der Waals surface area contributed by atoms with Gasteiger partial charge >= 0.3 is 5.97 Å². The first kappa shape index (κ1) is 40.9. The predicted octanol–water partition coefficient (Wildman–Crippen LogP) is 11.3. The standard InChI is InChI=1S/C43H48N4O9/c1-11-33-34(24(5)6)37(44-41(33)54-31-17-13-29(14-18-31)46(49)50)40(56-39-26(9)21-28(23(3)4)22-27(39)10)38-35(25(7)8)36(43(48)53-12-2)42(45-38)55-32-19-15-30(16-20-32)47(51)52/h13-25,45H,11-12H2,1-10H3. The Balaban J connectivity index is 1.83. The zero-order valence-corrected chi connectivity index (χ0v) is 33.4. The van der Waals surface area contributed by atoms with Crippen molar-refractivity contribution in [3.05, 3.63) is 131 Å². The van der Waals surface area contributed by atoms with Crippen molar-refractivity contribution in [2.45, 2.75) is 87.5 Å². The quantitative estimate of drug-likeness (QED) is 0.0568. The Hall–Kier alpha value is -6.24.